The van der Waals surface area contributed by atoms with E-state index in [9.17, 15) is 35.5 Å². The fourth-order valence-corrected chi connectivity index (χ4v) is 8.67. The molecule has 0 amide bonds. The van der Waals surface area contributed by atoms with Gasteiger partial charge in [0.1, 0.15) is 23.9 Å². The van der Waals surface area contributed by atoms with Crippen LogP contribution < -0.4 is 0 Å². The molecule has 18 atom stereocenters. The molecule has 0 aromatic carbocycles. The first-order valence-corrected chi connectivity index (χ1v) is 19.1. The first kappa shape index (κ1) is 46.6. The summed E-state index contributed by atoms with van der Waals surface area (Å²) in [5.74, 6) is -4.44. The van der Waals surface area contributed by atoms with Crippen molar-refractivity contribution < 1.29 is 64.0 Å². The molecule has 3 fully saturated rings. The second-order valence-electron chi connectivity index (χ2n) is 16.9. The van der Waals surface area contributed by atoms with E-state index in [-0.39, 0.29) is 43.7 Å². The number of likely N-dealkylation sites (N-methyl/N-ethyl adjacent to an activating group) is 1. The predicted octanol–water partition coefficient (Wildman–Crippen LogP) is 1.73. The molecule has 54 heavy (non-hydrogen) atoms. The van der Waals surface area contributed by atoms with E-state index in [2.05, 4.69) is 16.9 Å². The second kappa shape index (κ2) is 18.6. The number of esters is 1. The summed E-state index contributed by atoms with van der Waals surface area (Å²) in [6.07, 6.45) is -10.0. The summed E-state index contributed by atoms with van der Waals surface area (Å²) in [5, 5.41) is 72.3. The molecule has 3 saturated heterocycles. The molecule has 3 heterocycles. The molecule has 0 saturated carbocycles. The second-order valence-corrected chi connectivity index (χ2v) is 16.9. The van der Waals surface area contributed by atoms with Crippen molar-refractivity contribution in [3.8, 4) is 0 Å². The molecular weight excluding hydrogens is 706 g/mol. The highest BCUT2D eigenvalue weighted by Crippen LogP contribution is 2.41. The maximum atomic E-state index is 14.3. The van der Waals surface area contributed by atoms with Gasteiger partial charge >= 0.3 is 5.97 Å². The van der Waals surface area contributed by atoms with Crippen LogP contribution in [-0.2, 0) is 33.2 Å². The van der Waals surface area contributed by atoms with Gasteiger partial charge in [-0.15, -0.1) is 0 Å². The van der Waals surface area contributed by atoms with Gasteiger partial charge in [0.25, 0.3) is 0 Å². The monoisotopic (exact) mass is 775 g/mol. The minimum atomic E-state index is -2.05. The van der Waals surface area contributed by atoms with E-state index in [0.29, 0.717) is 6.42 Å². The van der Waals surface area contributed by atoms with Gasteiger partial charge in [-0.1, -0.05) is 25.9 Å². The van der Waals surface area contributed by atoms with Gasteiger partial charge in [-0.05, 0) is 75.2 Å². The van der Waals surface area contributed by atoms with E-state index in [4.69, 9.17) is 28.4 Å². The van der Waals surface area contributed by atoms with E-state index in [1.54, 1.807) is 48.5 Å². The first-order chi connectivity index (χ1) is 25.0. The number of hydrogen-bond acceptors (Lipinski definition) is 16. The molecule has 314 valence electrons. The zero-order valence-corrected chi connectivity index (χ0v) is 34.3. The Morgan fingerprint density at radius 1 is 0.944 bits per heavy atom. The third-order valence-corrected chi connectivity index (χ3v) is 12.2. The quantitative estimate of drug-likeness (QED) is 0.0851. The van der Waals surface area contributed by atoms with Crippen LogP contribution in [0.2, 0.25) is 0 Å². The summed E-state index contributed by atoms with van der Waals surface area (Å²) in [6, 6.07) is -0.335. The minimum Gasteiger partial charge on any atom is -0.459 e. The number of cyclic esters (lactones) is 1. The van der Waals surface area contributed by atoms with Crippen LogP contribution in [0.5, 0.6) is 0 Å². The fourth-order valence-electron chi connectivity index (χ4n) is 8.67. The van der Waals surface area contributed by atoms with Crippen molar-refractivity contribution >= 4 is 18.4 Å². The number of methoxy groups -OCH3 is 1. The van der Waals surface area contributed by atoms with Crippen LogP contribution in [0.1, 0.15) is 88.0 Å². The fraction of sp³-hybridized carbons (Fsp3) is 0.921. The van der Waals surface area contributed by atoms with Gasteiger partial charge in [-0.2, -0.15) is 0 Å². The third-order valence-electron chi connectivity index (χ3n) is 12.2. The number of nitrogens with zero attached hydrogens (tertiary/aromatic N) is 3. The average Bonchev–Trinajstić information content (AvgIpc) is 3.09. The van der Waals surface area contributed by atoms with Crippen LogP contribution in [0.4, 0.5) is 0 Å². The molecule has 16 nitrogen and oxygen atoms in total. The molecule has 0 spiro atoms. The number of aliphatic imine (C=N–C) groups is 1. The van der Waals surface area contributed by atoms with Gasteiger partial charge in [-0.3, -0.25) is 4.79 Å². The number of ether oxygens (including phenoxy) is 6. The zero-order valence-electron chi connectivity index (χ0n) is 34.3. The molecule has 0 bridgehead atoms. The lowest BCUT2D eigenvalue weighted by Crippen LogP contribution is -2.61. The van der Waals surface area contributed by atoms with Gasteiger partial charge in [0.15, 0.2) is 12.6 Å². The molecule has 3 rings (SSSR count). The van der Waals surface area contributed by atoms with Crippen LogP contribution in [0.25, 0.3) is 0 Å². The topological polar surface area (TPSA) is 222 Å². The SMILES string of the molecule is C=NCC[C@H]1OC(=O)[C@H](C)[C@@H](OC2CC(C)(OC)C(O)C(C)O2)[C@H](C)[C@@H](OC2OC(C)CC(N(C)C)C2O)[C@](C)(O)C[C@@H](C)/C(=N\O)[C@H](C)[C@@H](O)[C@]1(C)O. The Labute approximate surface area is 320 Å². The summed E-state index contributed by atoms with van der Waals surface area (Å²) < 4.78 is 37.3. The number of carbonyl (C=O) groups is 1. The maximum absolute atomic E-state index is 14.3. The lowest BCUT2D eigenvalue weighted by Gasteiger charge is -2.49. The van der Waals surface area contributed by atoms with Crippen molar-refractivity contribution in [2.24, 2.45) is 33.8 Å². The molecule has 0 aromatic heterocycles. The van der Waals surface area contributed by atoms with Crippen molar-refractivity contribution in [1.29, 1.82) is 0 Å². The van der Waals surface area contributed by atoms with Crippen molar-refractivity contribution in [3.63, 3.8) is 0 Å². The maximum Gasteiger partial charge on any atom is 0.311 e. The molecule has 3 aliphatic heterocycles. The van der Waals surface area contributed by atoms with Gasteiger partial charge in [0, 0.05) is 50.3 Å². The number of oxime groups is 1. The van der Waals surface area contributed by atoms with Crippen LogP contribution in [-0.4, -0.2) is 166 Å². The summed E-state index contributed by atoms with van der Waals surface area (Å²) in [5.41, 5.74) is -4.83. The Bertz CT molecular complexity index is 1270. The molecule has 0 aliphatic carbocycles. The van der Waals surface area contributed by atoms with Crippen LogP contribution in [0.15, 0.2) is 10.1 Å². The molecule has 16 heteroatoms. The largest absolute Gasteiger partial charge is 0.459 e. The van der Waals surface area contributed by atoms with Gasteiger partial charge in [-0.25, -0.2) is 0 Å². The van der Waals surface area contributed by atoms with Crippen LogP contribution in [0, 0.1) is 23.7 Å². The highest BCUT2D eigenvalue weighted by molar-refractivity contribution is 5.88. The lowest BCUT2D eigenvalue weighted by molar-refractivity contribution is -0.317. The van der Waals surface area contributed by atoms with Gasteiger partial charge in [0.2, 0.25) is 0 Å². The van der Waals surface area contributed by atoms with E-state index in [0.717, 1.165) is 0 Å². The number of rotatable bonds is 9. The Morgan fingerprint density at radius 2 is 1.57 bits per heavy atom. The molecule has 0 radical (unpaired) electrons. The Balaban J connectivity index is 2.23. The lowest BCUT2D eigenvalue weighted by atomic mass is 9.73. The molecule has 6 N–H and O–H groups in total. The van der Waals surface area contributed by atoms with Crippen LogP contribution in [0.3, 0.4) is 0 Å². The summed E-state index contributed by atoms with van der Waals surface area (Å²) in [4.78, 5) is 20.1. The summed E-state index contributed by atoms with van der Waals surface area (Å²) in [6.45, 7) is 18.4. The zero-order chi connectivity index (χ0) is 41.1. The van der Waals surface area contributed by atoms with E-state index >= 15 is 0 Å². The standard InChI is InChI=1S/C38H69N3O13/c1-19-17-36(7,46)33(54-35-29(42)25(41(11)12)16-20(2)50-35)22(4)30(53-27-18-37(8,49-13)32(44)24(6)51-27)23(5)34(45)52-26(14-15-39-10)38(9,47)31(43)21(3)28(19)40-48/h19-27,29-33,35,42-44,46-48H,10,14-18H2,1-9,11-13H3/b40-28+/t19-,20?,21+,22+,23-,24?,25?,26-,27?,29?,30+,31-,32?,33-,35?,36-,37?,38-/m1/s1. The molecule has 0 aromatic rings. The van der Waals surface area contributed by atoms with Crippen molar-refractivity contribution in [2.75, 3.05) is 27.7 Å². The summed E-state index contributed by atoms with van der Waals surface area (Å²) >= 11 is 0. The number of carbonyl (C=O) groups excluding carboxylic acids is 1. The smallest absolute Gasteiger partial charge is 0.311 e. The number of aliphatic hydroxyl groups is 5. The average molecular weight is 776 g/mol. The van der Waals surface area contributed by atoms with Crippen molar-refractivity contribution in [1.82, 2.24) is 4.90 Å². The minimum absolute atomic E-state index is 0.0108. The van der Waals surface area contributed by atoms with E-state index in [1.807, 2.05) is 25.9 Å². The predicted molar refractivity (Wildman–Crippen MR) is 199 cm³/mol. The normalized spacial score (nSPS) is 48.3. The molecular formula is C38H69N3O13. The highest BCUT2D eigenvalue weighted by atomic mass is 16.7. The third kappa shape index (κ3) is 10.2. The first-order valence-electron chi connectivity index (χ1n) is 19.1. The molecule has 3 aliphatic rings. The molecule has 8 unspecified atom stereocenters. The Hall–Kier alpha value is -1.83. The van der Waals surface area contributed by atoms with Crippen LogP contribution >= 0.6 is 0 Å². The van der Waals surface area contributed by atoms with E-state index < -0.39 is 102 Å². The van der Waals surface area contributed by atoms with E-state index in [1.165, 1.54) is 14.0 Å². The van der Waals surface area contributed by atoms with Gasteiger partial charge in [0.05, 0.1) is 53.4 Å². The highest BCUT2D eigenvalue weighted by Gasteiger charge is 2.53. The number of aliphatic hydroxyl groups excluding tert-OH is 3. The Morgan fingerprint density at radius 3 is 2.13 bits per heavy atom. The van der Waals surface area contributed by atoms with Gasteiger partial charge < -0.3 is 69.1 Å². The number of hydrogen-bond donors (Lipinski definition) is 6. The Kier molecular flexibility index (Phi) is 16.1. The van der Waals surface area contributed by atoms with Crippen molar-refractivity contribution in [3.05, 3.63) is 0 Å². The van der Waals surface area contributed by atoms with Crippen molar-refractivity contribution in [2.45, 2.75) is 172 Å². The summed E-state index contributed by atoms with van der Waals surface area (Å²) in [7, 11) is 5.17.